The van der Waals surface area contributed by atoms with E-state index in [-0.39, 0.29) is 12.1 Å². The Balaban J connectivity index is 0.000000748. The highest BCUT2D eigenvalue weighted by atomic mass is 16.5. The molecule has 4 aromatic carbocycles. The molecule has 222 valence electrons. The number of hydrogen-bond acceptors (Lipinski definition) is 5. The Labute approximate surface area is 252 Å². The number of piperazine rings is 1. The zero-order valence-corrected chi connectivity index (χ0v) is 25.1. The van der Waals surface area contributed by atoms with Crippen LogP contribution in [0, 0.1) is 0 Å². The maximum atomic E-state index is 10.9. The van der Waals surface area contributed by atoms with Crippen LogP contribution in [-0.4, -0.2) is 73.6 Å². The quantitative estimate of drug-likeness (QED) is 0.209. The van der Waals surface area contributed by atoms with Crippen LogP contribution in [0.3, 0.4) is 0 Å². The Morgan fingerprint density at radius 2 is 1.00 bits per heavy atom. The first-order chi connectivity index (χ1) is 20.7. The van der Waals surface area contributed by atoms with Crippen molar-refractivity contribution in [2.45, 2.75) is 32.1 Å². The molecule has 1 aliphatic heterocycles. The van der Waals surface area contributed by atoms with Crippen LogP contribution in [0.4, 0.5) is 0 Å². The molecular weight excluding hydrogens is 520 g/mol. The number of β-amino-alcohol motifs (C(OH)–C–C–N with tert-alkyl or cyclic N) is 1. The second kappa shape index (κ2) is 17.6. The van der Waals surface area contributed by atoms with E-state index in [2.05, 4.69) is 94.7 Å². The van der Waals surface area contributed by atoms with Crippen LogP contribution in [0.15, 0.2) is 121 Å². The van der Waals surface area contributed by atoms with E-state index >= 15 is 0 Å². The Morgan fingerprint density at radius 1 is 0.595 bits per heavy atom. The third kappa shape index (κ3) is 9.62. The molecule has 1 fully saturated rings. The van der Waals surface area contributed by atoms with Crippen LogP contribution >= 0.6 is 0 Å². The standard InChI is InChI=1S/C33H36N2O2.C4H10O/c36-31(26-37-33(29-17-9-3-10-18-29)30-19-11-4-12-20-30)25-34-21-23-35(24-22-34)32(27-13-5-1-6-14-27)28-15-7-2-8-16-28;1-3-5-4-2/h1-20,31-33,36H,21-26H2;3-4H2,1-2H3. The summed E-state index contributed by atoms with van der Waals surface area (Å²) >= 11 is 0. The van der Waals surface area contributed by atoms with Gasteiger partial charge < -0.3 is 14.6 Å². The van der Waals surface area contributed by atoms with Gasteiger partial charge in [-0.05, 0) is 36.1 Å². The lowest BCUT2D eigenvalue weighted by molar-refractivity contribution is -0.0159. The maximum absolute atomic E-state index is 10.9. The van der Waals surface area contributed by atoms with Crippen LogP contribution in [0.2, 0.25) is 0 Å². The molecule has 0 saturated carbocycles. The minimum Gasteiger partial charge on any atom is -0.389 e. The molecule has 1 N–H and O–H groups in total. The fourth-order valence-electron chi connectivity index (χ4n) is 5.49. The number of nitrogens with zero attached hydrogens (tertiary/aromatic N) is 2. The molecule has 0 bridgehead atoms. The molecule has 5 heteroatoms. The average molecular weight is 567 g/mol. The molecule has 1 heterocycles. The van der Waals surface area contributed by atoms with Crippen molar-refractivity contribution in [1.82, 2.24) is 9.80 Å². The van der Waals surface area contributed by atoms with Gasteiger partial charge in [0.05, 0.1) is 18.8 Å². The lowest BCUT2D eigenvalue weighted by Gasteiger charge is -2.40. The lowest BCUT2D eigenvalue weighted by atomic mass is 9.96. The van der Waals surface area contributed by atoms with Gasteiger partial charge in [0.25, 0.3) is 0 Å². The number of hydrogen-bond donors (Lipinski definition) is 1. The zero-order chi connectivity index (χ0) is 29.4. The highest BCUT2D eigenvalue weighted by Crippen LogP contribution is 2.30. The van der Waals surface area contributed by atoms with Crippen LogP contribution in [-0.2, 0) is 9.47 Å². The number of aliphatic hydroxyl groups is 1. The number of ether oxygens (including phenoxy) is 2. The Bertz CT molecular complexity index is 1150. The van der Waals surface area contributed by atoms with E-state index in [1.54, 1.807) is 0 Å². The Morgan fingerprint density at radius 3 is 1.38 bits per heavy atom. The van der Waals surface area contributed by atoms with Gasteiger partial charge in [0.2, 0.25) is 0 Å². The molecule has 1 aliphatic rings. The second-order valence-electron chi connectivity index (χ2n) is 10.5. The molecule has 5 rings (SSSR count). The molecule has 0 radical (unpaired) electrons. The van der Waals surface area contributed by atoms with Gasteiger partial charge in [0, 0.05) is 45.9 Å². The van der Waals surface area contributed by atoms with Crippen LogP contribution in [0.5, 0.6) is 0 Å². The summed E-state index contributed by atoms with van der Waals surface area (Å²) in [6.45, 7) is 10.3. The van der Waals surface area contributed by atoms with E-state index in [0.717, 1.165) is 50.5 Å². The molecule has 4 aromatic rings. The topological polar surface area (TPSA) is 45.2 Å². The van der Waals surface area contributed by atoms with E-state index in [1.165, 1.54) is 11.1 Å². The molecule has 42 heavy (non-hydrogen) atoms. The van der Waals surface area contributed by atoms with E-state index < -0.39 is 6.10 Å². The van der Waals surface area contributed by atoms with Crippen molar-refractivity contribution in [3.8, 4) is 0 Å². The van der Waals surface area contributed by atoms with Gasteiger partial charge in [-0.2, -0.15) is 0 Å². The van der Waals surface area contributed by atoms with Crippen molar-refractivity contribution in [3.05, 3.63) is 144 Å². The molecular formula is C37H46N2O3. The number of rotatable bonds is 12. The van der Waals surface area contributed by atoms with Gasteiger partial charge in [-0.15, -0.1) is 0 Å². The minimum absolute atomic E-state index is 0.189. The molecule has 0 spiro atoms. The highest BCUT2D eigenvalue weighted by molar-refractivity contribution is 5.32. The summed E-state index contributed by atoms with van der Waals surface area (Å²) in [5.41, 5.74) is 4.84. The third-order valence-electron chi connectivity index (χ3n) is 7.54. The van der Waals surface area contributed by atoms with E-state index in [0.29, 0.717) is 13.2 Å². The van der Waals surface area contributed by atoms with Gasteiger partial charge in [0.1, 0.15) is 6.10 Å². The van der Waals surface area contributed by atoms with Crippen molar-refractivity contribution in [2.24, 2.45) is 0 Å². The van der Waals surface area contributed by atoms with Crippen molar-refractivity contribution in [1.29, 1.82) is 0 Å². The first-order valence-corrected chi connectivity index (χ1v) is 15.2. The van der Waals surface area contributed by atoms with E-state index in [9.17, 15) is 5.11 Å². The smallest absolute Gasteiger partial charge is 0.108 e. The monoisotopic (exact) mass is 566 g/mol. The summed E-state index contributed by atoms with van der Waals surface area (Å²) in [4.78, 5) is 4.92. The molecule has 0 amide bonds. The van der Waals surface area contributed by atoms with Crippen LogP contribution in [0.25, 0.3) is 0 Å². The molecule has 1 atom stereocenters. The van der Waals surface area contributed by atoms with Crippen molar-refractivity contribution >= 4 is 0 Å². The Kier molecular flexibility index (Phi) is 13.2. The molecule has 1 unspecified atom stereocenters. The van der Waals surface area contributed by atoms with Gasteiger partial charge in [0.15, 0.2) is 0 Å². The molecule has 0 aromatic heterocycles. The summed E-state index contributed by atoms with van der Waals surface area (Å²) in [5.74, 6) is 0. The summed E-state index contributed by atoms with van der Waals surface area (Å²) in [6, 6.07) is 42.3. The maximum Gasteiger partial charge on any atom is 0.108 e. The molecule has 1 saturated heterocycles. The van der Waals surface area contributed by atoms with Gasteiger partial charge >= 0.3 is 0 Å². The van der Waals surface area contributed by atoms with E-state index in [4.69, 9.17) is 9.47 Å². The molecule has 0 aliphatic carbocycles. The lowest BCUT2D eigenvalue weighted by Crippen LogP contribution is -2.50. The van der Waals surface area contributed by atoms with E-state index in [1.807, 2.05) is 50.2 Å². The van der Waals surface area contributed by atoms with Crippen molar-refractivity contribution < 1.29 is 14.6 Å². The van der Waals surface area contributed by atoms with Crippen molar-refractivity contribution in [3.63, 3.8) is 0 Å². The van der Waals surface area contributed by atoms with Gasteiger partial charge in [-0.1, -0.05) is 121 Å². The fraction of sp³-hybridized carbons (Fsp3) is 0.351. The first kappa shape index (κ1) is 31.6. The average Bonchev–Trinajstić information content (AvgIpc) is 3.05. The van der Waals surface area contributed by atoms with Gasteiger partial charge in [-0.25, -0.2) is 0 Å². The summed E-state index contributed by atoms with van der Waals surface area (Å²) in [7, 11) is 0. The second-order valence-corrected chi connectivity index (χ2v) is 10.5. The zero-order valence-electron chi connectivity index (χ0n) is 25.1. The predicted octanol–water partition coefficient (Wildman–Crippen LogP) is 6.60. The SMILES string of the molecule is CCOCC.OC(COC(c1ccccc1)c1ccccc1)CN1CCN(C(c2ccccc2)c2ccccc2)CC1. The van der Waals surface area contributed by atoms with Gasteiger partial charge in [-0.3, -0.25) is 9.80 Å². The molecule has 5 nitrogen and oxygen atoms in total. The fourth-order valence-corrected chi connectivity index (χ4v) is 5.49. The highest BCUT2D eigenvalue weighted by Gasteiger charge is 2.27. The predicted molar refractivity (Wildman–Crippen MR) is 172 cm³/mol. The van der Waals surface area contributed by atoms with Crippen LogP contribution < -0.4 is 0 Å². The largest absolute Gasteiger partial charge is 0.389 e. The number of aliphatic hydroxyl groups excluding tert-OH is 1. The number of benzene rings is 4. The summed E-state index contributed by atoms with van der Waals surface area (Å²) < 4.78 is 11.1. The summed E-state index contributed by atoms with van der Waals surface area (Å²) in [6.07, 6.45) is -0.730. The minimum atomic E-state index is -0.541. The Hall–Kier alpha value is -3.32. The summed E-state index contributed by atoms with van der Waals surface area (Å²) in [5, 5.41) is 10.9. The van der Waals surface area contributed by atoms with Crippen molar-refractivity contribution in [2.75, 3.05) is 52.5 Å². The normalized spacial score (nSPS) is 14.9. The third-order valence-corrected chi connectivity index (χ3v) is 7.54. The van der Waals surface area contributed by atoms with Crippen LogP contribution in [0.1, 0.15) is 48.2 Å². The first-order valence-electron chi connectivity index (χ1n) is 15.2.